The third-order valence-electron chi connectivity index (χ3n) is 7.32. The van der Waals surface area contributed by atoms with Gasteiger partial charge in [0.05, 0.1) is 12.0 Å². The molecule has 0 spiro atoms. The molecular formula is C34H38O4. The zero-order chi connectivity index (χ0) is 27.6. The molecule has 2 unspecified atom stereocenters. The molecule has 0 amide bonds. The number of allylic oxidation sites excluding steroid dienone is 6. The first-order chi connectivity index (χ1) is 17.7. The van der Waals surface area contributed by atoms with Crippen LogP contribution >= 0.6 is 0 Å². The largest absolute Gasteiger partial charge is 0.511 e. The Morgan fingerprint density at radius 3 is 1.68 bits per heavy atom. The van der Waals surface area contributed by atoms with Gasteiger partial charge in [0, 0.05) is 27.5 Å². The molecule has 4 nitrogen and oxygen atoms in total. The quantitative estimate of drug-likeness (QED) is 0.427. The number of fused-ring (bicyclic) bond motifs is 2. The molecule has 4 heteroatoms. The molecule has 2 heterocycles. The molecule has 1 aliphatic carbocycles. The molecule has 0 bridgehead atoms. The summed E-state index contributed by atoms with van der Waals surface area (Å²) >= 11 is 0. The van der Waals surface area contributed by atoms with Crippen LogP contribution in [0, 0.1) is 30.6 Å². The van der Waals surface area contributed by atoms with Crippen LogP contribution < -0.4 is 9.47 Å². The molecule has 0 saturated carbocycles. The first kappa shape index (κ1) is 26.1. The second-order valence-electron chi connectivity index (χ2n) is 12.8. The van der Waals surface area contributed by atoms with Crippen LogP contribution in [-0.4, -0.2) is 16.3 Å². The number of aliphatic hydroxyl groups excluding tert-OH is 2. The second-order valence-corrected chi connectivity index (χ2v) is 12.8. The first-order valence-corrected chi connectivity index (χ1v) is 13.3. The van der Waals surface area contributed by atoms with Gasteiger partial charge in [-0.2, -0.15) is 0 Å². The maximum absolute atomic E-state index is 11.2. The van der Waals surface area contributed by atoms with Gasteiger partial charge in [0.25, 0.3) is 0 Å². The minimum absolute atomic E-state index is 0.182. The van der Waals surface area contributed by atoms with Gasteiger partial charge in [-0.05, 0) is 67.5 Å². The number of rotatable bonds is 2. The van der Waals surface area contributed by atoms with E-state index in [2.05, 4.69) is 53.7 Å². The zero-order valence-corrected chi connectivity index (χ0v) is 23.6. The van der Waals surface area contributed by atoms with Crippen LogP contribution in [0.1, 0.15) is 63.8 Å². The molecule has 2 N–H and O–H groups in total. The van der Waals surface area contributed by atoms with Crippen LogP contribution in [0.25, 0.3) is 11.1 Å². The van der Waals surface area contributed by atoms with E-state index in [9.17, 15) is 10.2 Å². The van der Waals surface area contributed by atoms with E-state index < -0.39 is 12.0 Å². The number of benzene rings is 2. The van der Waals surface area contributed by atoms with E-state index in [0.717, 1.165) is 56.4 Å². The van der Waals surface area contributed by atoms with Crippen molar-refractivity contribution in [3.8, 4) is 11.5 Å². The van der Waals surface area contributed by atoms with Crippen LogP contribution in [0.5, 0.6) is 11.5 Å². The molecule has 0 radical (unpaired) electrons. The van der Waals surface area contributed by atoms with E-state index >= 15 is 0 Å². The lowest BCUT2D eigenvalue weighted by atomic mass is 9.76. The summed E-state index contributed by atoms with van der Waals surface area (Å²) in [5, 5.41) is 22.4. The van der Waals surface area contributed by atoms with Crippen LogP contribution in [0.4, 0.5) is 0 Å². The molecule has 0 fully saturated rings. The molecule has 2 atom stereocenters. The van der Waals surface area contributed by atoms with Crippen molar-refractivity contribution in [2.45, 2.75) is 61.5 Å². The molecule has 2 aliphatic heterocycles. The topological polar surface area (TPSA) is 58.9 Å². The van der Waals surface area contributed by atoms with Crippen molar-refractivity contribution in [2.24, 2.45) is 16.7 Å². The van der Waals surface area contributed by atoms with Crippen LogP contribution in [0.15, 0.2) is 83.6 Å². The maximum atomic E-state index is 11.2. The molecule has 2 aromatic carbocycles. The summed E-state index contributed by atoms with van der Waals surface area (Å²) in [6.07, 6.45) is 7.11. The van der Waals surface area contributed by atoms with Crippen molar-refractivity contribution >= 4 is 11.1 Å². The molecule has 198 valence electrons. The Hall–Kier alpha value is -3.50. The van der Waals surface area contributed by atoms with Gasteiger partial charge in [-0.25, -0.2) is 0 Å². The molecule has 2 aromatic rings. The highest BCUT2D eigenvalue weighted by molar-refractivity contribution is 5.84. The second kappa shape index (κ2) is 9.06. The number of ether oxygens (including phenoxy) is 2. The number of aliphatic hydroxyl groups is 2. The van der Waals surface area contributed by atoms with Crippen molar-refractivity contribution in [3.63, 3.8) is 0 Å². The van der Waals surface area contributed by atoms with Gasteiger partial charge >= 0.3 is 0 Å². The molecular weight excluding hydrogens is 472 g/mol. The van der Waals surface area contributed by atoms with Gasteiger partial charge in [-0.3, -0.25) is 0 Å². The average molecular weight is 511 g/mol. The van der Waals surface area contributed by atoms with Gasteiger partial charge in [0.15, 0.2) is 0 Å². The number of hydrogen-bond donors (Lipinski definition) is 2. The van der Waals surface area contributed by atoms with E-state index in [1.165, 1.54) is 0 Å². The smallest absolute Gasteiger partial charge is 0.134 e. The fourth-order valence-corrected chi connectivity index (χ4v) is 4.93. The van der Waals surface area contributed by atoms with Gasteiger partial charge in [-0.15, -0.1) is 0 Å². The Morgan fingerprint density at radius 2 is 1.21 bits per heavy atom. The SMILES string of the molecule is Cc1ccc2c(c1)/C(=C/C1=C(O)C(/C=C3\C=C(C(C)(C)C)Oc4ccc(C)cc43)C1O)C=C(C(C)(C)C)O2. The van der Waals surface area contributed by atoms with E-state index in [0.29, 0.717) is 5.57 Å². The van der Waals surface area contributed by atoms with Crippen LogP contribution in [-0.2, 0) is 0 Å². The van der Waals surface area contributed by atoms with E-state index in [4.69, 9.17) is 9.47 Å². The summed E-state index contributed by atoms with van der Waals surface area (Å²) in [4.78, 5) is 0. The standard InChI is InChI=1S/C34H38O4/c1-19-9-11-27-23(13-19)21(17-29(37-27)33(3,4)5)15-25-31(35)26(32(25)36)16-22-18-30(34(6,7)8)38-28-12-10-20(2)14-24(22)28/h9-18,25,31,35-36H,1-8H3/b21-15+,22-16+. The first-order valence-electron chi connectivity index (χ1n) is 13.3. The predicted molar refractivity (Wildman–Crippen MR) is 154 cm³/mol. The van der Waals surface area contributed by atoms with E-state index in [1.54, 1.807) is 0 Å². The van der Waals surface area contributed by atoms with Crippen molar-refractivity contribution in [2.75, 3.05) is 0 Å². The third-order valence-corrected chi connectivity index (χ3v) is 7.32. The summed E-state index contributed by atoms with van der Waals surface area (Å²) < 4.78 is 12.4. The van der Waals surface area contributed by atoms with Crippen molar-refractivity contribution < 1.29 is 19.7 Å². The lowest BCUT2D eigenvalue weighted by molar-refractivity contribution is 0.113. The number of hydrogen-bond acceptors (Lipinski definition) is 4. The fraction of sp³-hybridized carbons (Fsp3) is 0.353. The molecule has 0 aromatic heterocycles. The zero-order valence-electron chi connectivity index (χ0n) is 23.6. The summed E-state index contributed by atoms with van der Waals surface area (Å²) in [6, 6.07) is 12.2. The molecule has 3 aliphatic rings. The number of aryl methyl sites for hydroxylation is 2. The lowest BCUT2D eigenvalue weighted by Gasteiger charge is -2.35. The molecule has 0 saturated heterocycles. The molecule has 5 rings (SSSR count). The fourth-order valence-electron chi connectivity index (χ4n) is 4.93. The van der Waals surface area contributed by atoms with Crippen molar-refractivity contribution in [1.82, 2.24) is 0 Å². The Morgan fingerprint density at radius 1 is 0.737 bits per heavy atom. The van der Waals surface area contributed by atoms with Gasteiger partial charge in [-0.1, -0.05) is 70.9 Å². The maximum Gasteiger partial charge on any atom is 0.134 e. The third kappa shape index (κ3) is 4.74. The highest BCUT2D eigenvalue weighted by atomic mass is 16.5. The Kier molecular flexibility index (Phi) is 6.23. The van der Waals surface area contributed by atoms with Gasteiger partial charge < -0.3 is 19.7 Å². The lowest BCUT2D eigenvalue weighted by Crippen LogP contribution is -2.34. The summed E-state index contributed by atoms with van der Waals surface area (Å²) in [5.41, 5.74) is 6.22. The monoisotopic (exact) mass is 510 g/mol. The summed E-state index contributed by atoms with van der Waals surface area (Å²) in [6.45, 7) is 16.8. The Bertz CT molecular complexity index is 1460. The average Bonchev–Trinajstić information content (AvgIpc) is 2.84. The van der Waals surface area contributed by atoms with Gasteiger partial charge in [0.1, 0.15) is 28.8 Å². The highest BCUT2D eigenvalue weighted by Gasteiger charge is 2.39. The Balaban J connectivity index is 1.57. The van der Waals surface area contributed by atoms with Crippen molar-refractivity contribution in [3.05, 3.63) is 106 Å². The molecule has 38 heavy (non-hydrogen) atoms. The van der Waals surface area contributed by atoms with Crippen LogP contribution in [0.2, 0.25) is 0 Å². The van der Waals surface area contributed by atoms with E-state index in [-0.39, 0.29) is 16.6 Å². The Labute approximate surface area is 226 Å². The summed E-state index contributed by atoms with van der Waals surface area (Å²) in [5.74, 6) is 2.98. The highest BCUT2D eigenvalue weighted by Crippen LogP contribution is 2.46. The van der Waals surface area contributed by atoms with Crippen molar-refractivity contribution in [1.29, 1.82) is 0 Å². The van der Waals surface area contributed by atoms with Crippen LogP contribution in [0.3, 0.4) is 0 Å². The minimum Gasteiger partial charge on any atom is -0.511 e. The van der Waals surface area contributed by atoms with E-state index in [1.807, 2.05) is 62.4 Å². The summed E-state index contributed by atoms with van der Waals surface area (Å²) in [7, 11) is 0. The van der Waals surface area contributed by atoms with Gasteiger partial charge in [0.2, 0.25) is 0 Å². The minimum atomic E-state index is -0.819. The predicted octanol–water partition coefficient (Wildman–Crippen LogP) is 8.22. The normalized spacial score (nSPS) is 23.2.